The van der Waals surface area contributed by atoms with E-state index in [9.17, 15) is 4.39 Å². The van der Waals surface area contributed by atoms with Crippen molar-refractivity contribution >= 4 is 21.9 Å². The number of hydrogen-bond acceptors (Lipinski definition) is 5. The molecule has 1 atom stereocenters. The fourth-order valence-corrected chi connectivity index (χ4v) is 2.72. The molecule has 9 heteroatoms. The molecule has 1 unspecified atom stereocenters. The topological polar surface area (TPSA) is 71.9 Å². The van der Waals surface area contributed by atoms with E-state index >= 15 is 0 Å². The number of aromatic amines is 1. The van der Waals surface area contributed by atoms with Crippen molar-refractivity contribution in [2.75, 3.05) is 31.3 Å². The van der Waals surface area contributed by atoms with Crippen LogP contribution in [0.15, 0.2) is 4.47 Å². The second-order valence-corrected chi connectivity index (χ2v) is 5.78. The third kappa shape index (κ3) is 2.55. The monoisotopic (exact) mass is 358 g/mol. The third-order valence-electron chi connectivity index (χ3n) is 3.53. The van der Waals surface area contributed by atoms with Crippen LogP contribution in [0.5, 0.6) is 0 Å². The molecule has 0 aromatic carbocycles. The van der Waals surface area contributed by atoms with Gasteiger partial charge in [0.1, 0.15) is 18.5 Å². The summed E-state index contributed by atoms with van der Waals surface area (Å²) in [6.45, 7) is 3.06. The van der Waals surface area contributed by atoms with E-state index in [1.165, 1.54) is 0 Å². The van der Waals surface area contributed by atoms with Gasteiger partial charge in [-0.2, -0.15) is 5.10 Å². The number of hydrogen-bond donors (Lipinski definition) is 1. The molecule has 1 aliphatic heterocycles. The van der Waals surface area contributed by atoms with Crippen LogP contribution < -0.4 is 4.90 Å². The standard InChI is InChI=1S/C12H16BrFN6O/c1-7-9(13)10(16-15-7)11-17-18-12(19(11)2)20-3-4-21-8(5-14)6-20/h8H,3-6H2,1-2H3,(H,15,16). The Labute approximate surface area is 129 Å². The summed E-state index contributed by atoms with van der Waals surface area (Å²) in [7, 11) is 1.88. The van der Waals surface area contributed by atoms with Crippen molar-refractivity contribution in [2.24, 2.45) is 7.05 Å². The number of rotatable bonds is 3. The molecule has 21 heavy (non-hydrogen) atoms. The summed E-state index contributed by atoms with van der Waals surface area (Å²) in [6.07, 6.45) is -0.404. The highest BCUT2D eigenvalue weighted by molar-refractivity contribution is 9.10. The molecule has 1 saturated heterocycles. The van der Waals surface area contributed by atoms with Gasteiger partial charge in [0.05, 0.1) is 11.1 Å². The van der Waals surface area contributed by atoms with E-state index in [-0.39, 0.29) is 0 Å². The molecular formula is C12H16BrFN6O. The van der Waals surface area contributed by atoms with E-state index in [1.54, 1.807) is 0 Å². The van der Waals surface area contributed by atoms with E-state index in [4.69, 9.17) is 4.74 Å². The van der Waals surface area contributed by atoms with Gasteiger partial charge in [-0.3, -0.25) is 9.67 Å². The Morgan fingerprint density at radius 3 is 2.95 bits per heavy atom. The predicted octanol–water partition coefficient (Wildman–Crippen LogP) is 1.45. The van der Waals surface area contributed by atoms with Crippen molar-refractivity contribution in [3.8, 4) is 11.5 Å². The van der Waals surface area contributed by atoms with Crippen molar-refractivity contribution < 1.29 is 9.13 Å². The first-order valence-corrected chi connectivity index (χ1v) is 7.44. The van der Waals surface area contributed by atoms with Crippen LogP contribution in [0.1, 0.15) is 5.69 Å². The molecule has 0 spiro atoms. The number of aromatic nitrogens is 5. The van der Waals surface area contributed by atoms with Crippen molar-refractivity contribution in [2.45, 2.75) is 13.0 Å². The molecule has 114 valence electrons. The molecule has 0 radical (unpaired) electrons. The second kappa shape index (κ2) is 5.72. The summed E-state index contributed by atoms with van der Waals surface area (Å²) in [5.41, 5.74) is 1.64. The third-order valence-corrected chi connectivity index (χ3v) is 4.50. The number of H-pyrrole nitrogens is 1. The van der Waals surface area contributed by atoms with Crippen LogP contribution >= 0.6 is 15.9 Å². The fraction of sp³-hybridized carbons (Fsp3) is 0.583. The highest BCUT2D eigenvalue weighted by atomic mass is 79.9. The van der Waals surface area contributed by atoms with Crippen LogP contribution in [0.2, 0.25) is 0 Å². The molecule has 7 nitrogen and oxygen atoms in total. The highest BCUT2D eigenvalue weighted by Gasteiger charge is 2.26. The van der Waals surface area contributed by atoms with E-state index in [1.807, 2.05) is 23.4 Å². The highest BCUT2D eigenvalue weighted by Crippen LogP contribution is 2.29. The normalized spacial score (nSPS) is 19.2. The summed E-state index contributed by atoms with van der Waals surface area (Å²) >= 11 is 3.49. The maximum absolute atomic E-state index is 12.8. The lowest BCUT2D eigenvalue weighted by molar-refractivity contribution is 0.0240. The van der Waals surface area contributed by atoms with Crippen LogP contribution in [0.25, 0.3) is 11.5 Å². The summed E-state index contributed by atoms with van der Waals surface area (Å²) in [6, 6.07) is 0. The minimum atomic E-state index is -0.495. The molecule has 2 aromatic rings. The zero-order valence-electron chi connectivity index (χ0n) is 11.8. The molecule has 3 rings (SSSR count). The minimum Gasteiger partial charge on any atom is -0.372 e. The molecule has 1 fully saturated rings. The number of anilines is 1. The van der Waals surface area contributed by atoms with Crippen molar-refractivity contribution in [1.82, 2.24) is 25.0 Å². The van der Waals surface area contributed by atoms with E-state index in [2.05, 4.69) is 36.3 Å². The number of morpholine rings is 1. The number of nitrogens with zero attached hydrogens (tertiary/aromatic N) is 5. The van der Waals surface area contributed by atoms with Crippen LogP contribution in [-0.2, 0) is 11.8 Å². The van der Waals surface area contributed by atoms with Gasteiger partial charge in [0.15, 0.2) is 5.82 Å². The minimum absolute atomic E-state index is 0.404. The summed E-state index contributed by atoms with van der Waals surface area (Å²) in [4.78, 5) is 1.98. The molecule has 0 aliphatic carbocycles. The Hall–Kier alpha value is -1.48. The van der Waals surface area contributed by atoms with Gasteiger partial charge in [0, 0.05) is 25.8 Å². The summed E-state index contributed by atoms with van der Waals surface area (Å²) in [5.74, 6) is 1.35. The first-order valence-electron chi connectivity index (χ1n) is 6.64. The number of nitrogens with one attached hydrogen (secondary N) is 1. The van der Waals surface area contributed by atoms with E-state index in [0.29, 0.717) is 37.2 Å². The lowest BCUT2D eigenvalue weighted by Crippen LogP contribution is -2.44. The zero-order valence-corrected chi connectivity index (χ0v) is 13.4. The Morgan fingerprint density at radius 1 is 1.48 bits per heavy atom. The van der Waals surface area contributed by atoms with E-state index < -0.39 is 12.8 Å². The summed E-state index contributed by atoms with van der Waals surface area (Å²) in [5, 5.41) is 15.6. The van der Waals surface area contributed by atoms with Gasteiger partial charge in [0.2, 0.25) is 5.95 Å². The number of aryl methyl sites for hydroxylation is 1. The second-order valence-electron chi connectivity index (χ2n) is 4.99. The summed E-state index contributed by atoms with van der Waals surface area (Å²) < 4.78 is 20.8. The predicted molar refractivity (Wildman–Crippen MR) is 78.9 cm³/mol. The average molecular weight is 359 g/mol. The first kappa shape index (κ1) is 14.5. The fourth-order valence-electron chi connectivity index (χ4n) is 2.36. The molecule has 1 aliphatic rings. The smallest absolute Gasteiger partial charge is 0.227 e. The molecular weight excluding hydrogens is 343 g/mol. The van der Waals surface area contributed by atoms with Crippen LogP contribution in [0.3, 0.4) is 0 Å². The lowest BCUT2D eigenvalue weighted by Gasteiger charge is -2.31. The van der Waals surface area contributed by atoms with Crippen LogP contribution in [-0.4, -0.2) is 57.4 Å². The van der Waals surface area contributed by atoms with Crippen molar-refractivity contribution in [3.63, 3.8) is 0 Å². The molecule has 3 heterocycles. The van der Waals surface area contributed by atoms with Crippen molar-refractivity contribution in [3.05, 3.63) is 10.2 Å². The SMILES string of the molecule is Cc1[nH]nc(-c2nnc(N3CCOC(CF)C3)n2C)c1Br. The largest absolute Gasteiger partial charge is 0.372 e. The van der Waals surface area contributed by atoms with Gasteiger partial charge >= 0.3 is 0 Å². The van der Waals surface area contributed by atoms with Gasteiger partial charge in [0.25, 0.3) is 0 Å². The average Bonchev–Trinajstić information content (AvgIpc) is 3.03. The first-order chi connectivity index (χ1) is 10.1. The van der Waals surface area contributed by atoms with Gasteiger partial charge in [-0.05, 0) is 22.9 Å². The number of ether oxygens (including phenoxy) is 1. The molecule has 2 aromatic heterocycles. The Bertz CT molecular complexity index is 642. The van der Waals surface area contributed by atoms with Crippen molar-refractivity contribution in [1.29, 1.82) is 0 Å². The van der Waals surface area contributed by atoms with Gasteiger partial charge < -0.3 is 9.64 Å². The van der Waals surface area contributed by atoms with Gasteiger partial charge in [-0.1, -0.05) is 0 Å². The molecule has 0 saturated carbocycles. The van der Waals surface area contributed by atoms with Crippen LogP contribution in [0.4, 0.5) is 10.3 Å². The molecule has 0 bridgehead atoms. The van der Waals surface area contributed by atoms with E-state index in [0.717, 1.165) is 10.2 Å². The Balaban J connectivity index is 1.90. The molecule has 1 N–H and O–H groups in total. The van der Waals surface area contributed by atoms with Crippen LogP contribution in [0, 0.1) is 6.92 Å². The Morgan fingerprint density at radius 2 is 2.29 bits per heavy atom. The lowest BCUT2D eigenvalue weighted by atomic mass is 10.3. The molecule has 0 amide bonds. The van der Waals surface area contributed by atoms with Gasteiger partial charge in [-0.25, -0.2) is 4.39 Å². The maximum Gasteiger partial charge on any atom is 0.227 e. The number of halogens is 2. The maximum atomic E-state index is 12.8. The Kier molecular flexibility index (Phi) is 3.94. The zero-order chi connectivity index (χ0) is 15.0. The number of alkyl halides is 1. The van der Waals surface area contributed by atoms with Gasteiger partial charge in [-0.15, -0.1) is 10.2 Å². The quantitative estimate of drug-likeness (QED) is 0.898.